The standard InChI is InChI=1S/C22H22N2O3/c1-2-3-12-24(14-16-8-9-19-20(13-16)27-15-26-19)22(25)21-18-7-5-4-6-17(18)10-11-23-21/h4-11,13H,2-3,12,14-15H2,1H3. The van der Waals surface area contributed by atoms with Crippen molar-refractivity contribution < 1.29 is 14.3 Å². The Morgan fingerprint density at radius 2 is 1.96 bits per heavy atom. The summed E-state index contributed by atoms with van der Waals surface area (Å²) in [6.07, 6.45) is 3.67. The number of pyridine rings is 1. The van der Waals surface area contributed by atoms with E-state index in [4.69, 9.17) is 9.47 Å². The average Bonchev–Trinajstić information content (AvgIpc) is 3.18. The first-order valence-corrected chi connectivity index (χ1v) is 9.28. The van der Waals surface area contributed by atoms with Crippen LogP contribution in [0.5, 0.6) is 11.5 Å². The van der Waals surface area contributed by atoms with Gasteiger partial charge in [0.2, 0.25) is 6.79 Å². The number of hydrogen-bond donors (Lipinski definition) is 0. The van der Waals surface area contributed by atoms with Crippen LogP contribution >= 0.6 is 0 Å². The third-order valence-corrected chi connectivity index (χ3v) is 4.76. The van der Waals surface area contributed by atoms with E-state index in [2.05, 4.69) is 11.9 Å². The predicted molar refractivity (Wildman–Crippen MR) is 104 cm³/mol. The normalized spacial score (nSPS) is 12.3. The van der Waals surface area contributed by atoms with Crippen molar-refractivity contribution in [2.75, 3.05) is 13.3 Å². The number of fused-ring (bicyclic) bond motifs is 2. The first-order chi connectivity index (χ1) is 13.3. The van der Waals surface area contributed by atoms with Crippen LogP contribution < -0.4 is 9.47 Å². The summed E-state index contributed by atoms with van der Waals surface area (Å²) < 4.78 is 10.8. The number of nitrogens with zero attached hydrogens (tertiary/aromatic N) is 2. The smallest absolute Gasteiger partial charge is 0.273 e. The van der Waals surface area contributed by atoms with Crippen LogP contribution in [0, 0.1) is 0 Å². The summed E-state index contributed by atoms with van der Waals surface area (Å²) >= 11 is 0. The molecule has 1 aromatic heterocycles. The average molecular weight is 362 g/mol. The van der Waals surface area contributed by atoms with Crippen LogP contribution in [-0.4, -0.2) is 29.1 Å². The number of carbonyl (C=O) groups is 1. The topological polar surface area (TPSA) is 51.7 Å². The van der Waals surface area contributed by atoms with Crippen molar-refractivity contribution in [2.24, 2.45) is 0 Å². The molecule has 0 fully saturated rings. The molecule has 3 aromatic rings. The molecule has 4 rings (SSSR count). The fraction of sp³-hybridized carbons (Fsp3) is 0.273. The Bertz CT molecular complexity index is 965. The van der Waals surface area contributed by atoms with Crippen molar-refractivity contribution in [3.05, 3.63) is 66.0 Å². The minimum absolute atomic E-state index is 0.0436. The number of rotatable bonds is 6. The molecule has 0 aliphatic carbocycles. The zero-order chi connectivity index (χ0) is 18.6. The number of carbonyl (C=O) groups excluding carboxylic acids is 1. The predicted octanol–water partition coefficient (Wildman–Crippen LogP) is 4.41. The van der Waals surface area contributed by atoms with E-state index in [0.717, 1.165) is 40.7 Å². The summed E-state index contributed by atoms with van der Waals surface area (Å²) in [5.41, 5.74) is 1.52. The van der Waals surface area contributed by atoms with Crippen LogP contribution in [0.1, 0.15) is 35.8 Å². The lowest BCUT2D eigenvalue weighted by Gasteiger charge is -2.23. The molecule has 0 N–H and O–H groups in total. The highest BCUT2D eigenvalue weighted by molar-refractivity contribution is 6.05. The van der Waals surface area contributed by atoms with Crippen molar-refractivity contribution in [1.82, 2.24) is 9.88 Å². The highest BCUT2D eigenvalue weighted by Gasteiger charge is 2.21. The van der Waals surface area contributed by atoms with Gasteiger partial charge in [0.15, 0.2) is 11.5 Å². The third kappa shape index (κ3) is 3.58. The molecule has 0 radical (unpaired) electrons. The Morgan fingerprint density at radius 1 is 1.11 bits per heavy atom. The lowest BCUT2D eigenvalue weighted by Crippen LogP contribution is -2.32. The number of aromatic nitrogens is 1. The minimum Gasteiger partial charge on any atom is -0.454 e. The Hall–Kier alpha value is -3.08. The molecule has 27 heavy (non-hydrogen) atoms. The molecule has 1 aliphatic heterocycles. The summed E-state index contributed by atoms with van der Waals surface area (Å²) in [7, 11) is 0. The van der Waals surface area contributed by atoms with Crippen molar-refractivity contribution in [2.45, 2.75) is 26.3 Å². The molecule has 0 bridgehead atoms. The van der Waals surface area contributed by atoms with E-state index in [1.165, 1.54) is 0 Å². The summed E-state index contributed by atoms with van der Waals surface area (Å²) in [6, 6.07) is 15.6. The van der Waals surface area contributed by atoms with Gasteiger partial charge in [0.1, 0.15) is 5.69 Å². The van der Waals surface area contributed by atoms with Crippen LogP contribution in [0.2, 0.25) is 0 Å². The Morgan fingerprint density at radius 3 is 2.85 bits per heavy atom. The SMILES string of the molecule is CCCCN(Cc1ccc2c(c1)OCO2)C(=O)c1nccc2ccccc12. The van der Waals surface area contributed by atoms with E-state index < -0.39 is 0 Å². The molecule has 1 aliphatic rings. The van der Waals surface area contributed by atoms with E-state index in [1.807, 2.05) is 53.4 Å². The fourth-order valence-corrected chi connectivity index (χ4v) is 3.30. The lowest BCUT2D eigenvalue weighted by molar-refractivity contribution is 0.0737. The third-order valence-electron chi connectivity index (χ3n) is 4.76. The van der Waals surface area contributed by atoms with Crippen LogP contribution in [0.15, 0.2) is 54.7 Å². The maximum atomic E-state index is 13.3. The molecular weight excluding hydrogens is 340 g/mol. The fourth-order valence-electron chi connectivity index (χ4n) is 3.30. The summed E-state index contributed by atoms with van der Waals surface area (Å²) in [6.45, 7) is 3.58. The zero-order valence-corrected chi connectivity index (χ0v) is 15.4. The van der Waals surface area contributed by atoms with Gasteiger partial charge in [-0.05, 0) is 35.6 Å². The molecular formula is C22H22N2O3. The van der Waals surface area contributed by atoms with Gasteiger partial charge in [0, 0.05) is 24.7 Å². The van der Waals surface area contributed by atoms with Gasteiger partial charge >= 0.3 is 0 Å². The van der Waals surface area contributed by atoms with E-state index in [0.29, 0.717) is 18.8 Å². The molecule has 2 aromatic carbocycles. The van der Waals surface area contributed by atoms with Crippen molar-refractivity contribution in [1.29, 1.82) is 0 Å². The second-order valence-electron chi connectivity index (χ2n) is 6.65. The van der Waals surface area contributed by atoms with E-state index in [9.17, 15) is 4.79 Å². The van der Waals surface area contributed by atoms with Gasteiger partial charge < -0.3 is 14.4 Å². The summed E-state index contributed by atoms with van der Waals surface area (Å²) in [4.78, 5) is 19.6. The lowest BCUT2D eigenvalue weighted by atomic mass is 10.1. The Kier molecular flexibility index (Phi) is 4.92. The van der Waals surface area contributed by atoms with Crippen molar-refractivity contribution in [3.63, 3.8) is 0 Å². The maximum Gasteiger partial charge on any atom is 0.273 e. The molecule has 5 heteroatoms. The number of benzene rings is 2. The van der Waals surface area contributed by atoms with Crippen LogP contribution in [0.25, 0.3) is 10.8 Å². The minimum atomic E-state index is -0.0436. The molecule has 0 atom stereocenters. The highest BCUT2D eigenvalue weighted by atomic mass is 16.7. The highest BCUT2D eigenvalue weighted by Crippen LogP contribution is 2.33. The van der Waals surface area contributed by atoms with Gasteiger partial charge in [-0.2, -0.15) is 0 Å². The Labute approximate surface area is 158 Å². The number of ether oxygens (including phenoxy) is 2. The van der Waals surface area contributed by atoms with Crippen molar-refractivity contribution >= 4 is 16.7 Å². The second-order valence-corrected chi connectivity index (χ2v) is 6.65. The van der Waals surface area contributed by atoms with Crippen LogP contribution in [0.4, 0.5) is 0 Å². The summed E-state index contributed by atoms with van der Waals surface area (Å²) in [5, 5.41) is 1.91. The van der Waals surface area contributed by atoms with Crippen LogP contribution in [0.3, 0.4) is 0 Å². The van der Waals surface area contributed by atoms with Gasteiger partial charge in [-0.3, -0.25) is 9.78 Å². The summed E-state index contributed by atoms with van der Waals surface area (Å²) in [5.74, 6) is 1.44. The van der Waals surface area contributed by atoms with Gasteiger partial charge in [0.25, 0.3) is 5.91 Å². The first-order valence-electron chi connectivity index (χ1n) is 9.28. The molecule has 5 nitrogen and oxygen atoms in total. The number of amides is 1. The molecule has 0 saturated heterocycles. The van der Waals surface area contributed by atoms with Crippen LogP contribution in [-0.2, 0) is 6.54 Å². The Balaban J connectivity index is 1.64. The molecule has 0 saturated carbocycles. The largest absolute Gasteiger partial charge is 0.454 e. The molecule has 138 valence electrons. The number of hydrogen-bond acceptors (Lipinski definition) is 4. The van der Waals surface area contributed by atoms with E-state index in [-0.39, 0.29) is 12.7 Å². The molecule has 2 heterocycles. The molecule has 0 unspecified atom stereocenters. The monoisotopic (exact) mass is 362 g/mol. The molecule has 0 spiro atoms. The van der Waals surface area contributed by atoms with Gasteiger partial charge in [-0.25, -0.2) is 0 Å². The van der Waals surface area contributed by atoms with E-state index in [1.54, 1.807) is 6.20 Å². The zero-order valence-electron chi connectivity index (χ0n) is 15.4. The van der Waals surface area contributed by atoms with Crippen molar-refractivity contribution in [3.8, 4) is 11.5 Å². The second kappa shape index (κ2) is 7.66. The van der Waals surface area contributed by atoms with Gasteiger partial charge in [0.05, 0.1) is 0 Å². The number of unbranched alkanes of at least 4 members (excludes halogenated alkanes) is 1. The quantitative estimate of drug-likeness (QED) is 0.652. The van der Waals surface area contributed by atoms with E-state index >= 15 is 0 Å². The maximum absolute atomic E-state index is 13.3. The van der Waals surface area contributed by atoms with Gasteiger partial charge in [-0.15, -0.1) is 0 Å². The molecule has 1 amide bonds. The first kappa shape index (κ1) is 17.3. The van der Waals surface area contributed by atoms with Gasteiger partial charge in [-0.1, -0.05) is 43.7 Å².